The van der Waals surface area contributed by atoms with E-state index in [1.807, 2.05) is 0 Å². The molecule has 240 valence electrons. The highest BCUT2D eigenvalue weighted by molar-refractivity contribution is 7.09. The molecule has 4 aromatic rings. The van der Waals surface area contributed by atoms with Gasteiger partial charge in [-0.25, -0.2) is 9.59 Å². The molecule has 1 unspecified atom stereocenters. The summed E-state index contributed by atoms with van der Waals surface area (Å²) in [6, 6.07) is 16.8. The maximum absolute atomic E-state index is 13.1. The molecule has 2 aromatic carbocycles. The molecule has 4 rings (SSSR count). The number of aromatic nitrogens is 2. The van der Waals surface area contributed by atoms with Crippen LogP contribution in [0.2, 0.25) is 0 Å². The van der Waals surface area contributed by atoms with Crippen molar-refractivity contribution in [2.45, 2.75) is 84.5 Å². The predicted molar refractivity (Wildman–Crippen MR) is 181 cm³/mol. The van der Waals surface area contributed by atoms with Crippen molar-refractivity contribution in [1.29, 1.82) is 0 Å². The molecule has 0 aliphatic carbocycles. The minimum absolute atomic E-state index is 0.0437. The Balaban J connectivity index is 1.33. The Labute approximate surface area is 274 Å². The van der Waals surface area contributed by atoms with Crippen LogP contribution >= 0.6 is 22.7 Å². The number of thiazole rings is 2. The van der Waals surface area contributed by atoms with Crippen LogP contribution in [0.25, 0.3) is 0 Å². The summed E-state index contributed by atoms with van der Waals surface area (Å²) in [5.41, 5.74) is 8.13. The molecule has 0 fully saturated rings. The summed E-state index contributed by atoms with van der Waals surface area (Å²) < 4.78 is 11.5. The molecule has 8 nitrogen and oxygen atoms in total. The highest BCUT2D eigenvalue weighted by atomic mass is 32.1. The first kappa shape index (κ1) is 34.1. The zero-order chi connectivity index (χ0) is 32.5. The van der Waals surface area contributed by atoms with Crippen LogP contribution in [0.3, 0.4) is 0 Å². The van der Waals surface area contributed by atoms with E-state index in [9.17, 15) is 9.59 Å². The lowest BCUT2D eigenvalue weighted by atomic mass is 9.86. The predicted octanol–water partition coefficient (Wildman–Crippen LogP) is 8.43. The van der Waals surface area contributed by atoms with Crippen molar-refractivity contribution in [1.82, 2.24) is 20.2 Å². The maximum Gasteiger partial charge on any atom is 0.410 e. The van der Waals surface area contributed by atoms with E-state index in [0.29, 0.717) is 32.5 Å². The quantitative estimate of drug-likeness (QED) is 0.155. The average molecular weight is 649 g/mol. The Morgan fingerprint density at radius 1 is 0.844 bits per heavy atom. The normalized spacial score (nSPS) is 12.4. The minimum atomic E-state index is -0.503. The summed E-state index contributed by atoms with van der Waals surface area (Å²) >= 11 is 2.91. The fraction of sp³-hybridized carbons (Fsp3) is 0.429. The number of rotatable bonds is 12. The van der Waals surface area contributed by atoms with Gasteiger partial charge in [-0.05, 0) is 39.5 Å². The molecule has 10 heteroatoms. The smallest absolute Gasteiger partial charge is 0.410 e. The summed E-state index contributed by atoms with van der Waals surface area (Å²) in [4.78, 5) is 37.6. The first-order valence-electron chi connectivity index (χ1n) is 15.2. The monoisotopic (exact) mass is 648 g/mol. The lowest BCUT2D eigenvalue weighted by Gasteiger charge is -2.24. The molecule has 2 aromatic heterocycles. The van der Waals surface area contributed by atoms with Crippen LogP contribution in [0.1, 0.15) is 86.1 Å². The summed E-state index contributed by atoms with van der Waals surface area (Å²) in [7, 11) is 0. The standard InChI is InChI=1S/C35H44N4O4S2/c1-34(2,3)27-12-8-25(9-13-27)18-30(31-20-37-24-45-31)43-32(40)38-16-7-17-39(33(41)42-22-29-19-36-23-44-29)21-26-10-14-28(15-11-26)35(4,5)6/h8-15,19-20,23-24,30H,7,16-18,21-22H2,1-6H3,(H,38,40). The van der Waals surface area contributed by atoms with Gasteiger partial charge in [0.2, 0.25) is 0 Å². The van der Waals surface area contributed by atoms with Gasteiger partial charge in [0.05, 0.1) is 20.8 Å². The number of amides is 2. The van der Waals surface area contributed by atoms with Crippen LogP contribution < -0.4 is 5.32 Å². The molecule has 0 saturated heterocycles. The van der Waals surface area contributed by atoms with Crippen LogP contribution in [0.15, 0.2) is 71.9 Å². The number of benzene rings is 2. The second-order valence-corrected chi connectivity index (χ2v) is 15.0. The third kappa shape index (κ3) is 10.7. The largest absolute Gasteiger partial charge is 0.444 e. The van der Waals surface area contributed by atoms with Gasteiger partial charge in [-0.15, -0.1) is 22.7 Å². The van der Waals surface area contributed by atoms with Gasteiger partial charge in [0.15, 0.2) is 0 Å². The minimum Gasteiger partial charge on any atom is -0.444 e. The highest BCUT2D eigenvalue weighted by Gasteiger charge is 2.21. The van der Waals surface area contributed by atoms with E-state index in [-0.39, 0.29) is 17.4 Å². The molecule has 2 heterocycles. The molecule has 1 atom stereocenters. The molecule has 0 radical (unpaired) electrons. The van der Waals surface area contributed by atoms with Gasteiger partial charge >= 0.3 is 12.2 Å². The van der Waals surface area contributed by atoms with Gasteiger partial charge < -0.3 is 19.7 Å². The first-order valence-corrected chi connectivity index (χ1v) is 16.9. The topological polar surface area (TPSA) is 93.7 Å². The lowest BCUT2D eigenvalue weighted by molar-refractivity contribution is 0.0923. The van der Waals surface area contributed by atoms with E-state index in [4.69, 9.17) is 9.47 Å². The molecular weight excluding hydrogens is 605 g/mol. The molecular formula is C35H44N4O4S2. The van der Waals surface area contributed by atoms with Gasteiger partial charge in [0.1, 0.15) is 12.7 Å². The number of alkyl carbamates (subject to hydrolysis) is 1. The summed E-state index contributed by atoms with van der Waals surface area (Å²) in [6.45, 7) is 14.4. The van der Waals surface area contributed by atoms with Gasteiger partial charge in [-0.1, -0.05) is 90.1 Å². The van der Waals surface area contributed by atoms with Gasteiger partial charge in [-0.2, -0.15) is 0 Å². The fourth-order valence-electron chi connectivity index (χ4n) is 4.67. The number of carbonyl (C=O) groups is 2. The fourth-order valence-corrected chi connectivity index (χ4v) is 5.83. The van der Waals surface area contributed by atoms with Crippen molar-refractivity contribution in [3.05, 3.63) is 104 Å². The van der Waals surface area contributed by atoms with Crippen LogP contribution in [0, 0.1) is 0 Å². The Bertz CT molecular complexity index is 1470. The number of nitrogens with zero attached hydrogens (tertiary/aromatic N) is 3. The zero-order valence-electron chi connectivity index (χ0n) is 27.0. The Kier molecular flexibility index (Phi) is 11.7. The second-order valence-electron chi connectivity index (χ2n) is 13.1. The summed E-state index contributed by atoms with van der Waals surface area (Å²) in [5.74, 6) is 0. The van der Waals surface area contributed by atoms with Crippen LogP contribution in [0.4, 0.5) is 9.59 Å². The number of hydrogen-bond acceptors (Lipinski definition) is 8. The summed E-state index contributed by atoms with van der Waals surface area (Å²) in [5, 5.41) is 2.86. The summed E-state index contributed by atoms with van der Waals surface area (Å²) in [6.07, 6.45) is 3.16. The van der Waals surface area contributed by atoms with E-state index in [1.54, 1.807) is 28.3 Å². The zero-order valence-corrected chi connectivity index (χ0v) is 28.7. The molecule has 0 spiro atoms. The van der Waals surface area contributed by atoms with Gasteiger partial charge in [-0.3, -0.25) is 9.97 Å². The Morgan fingerprint density at radius 2 is 1.44 bits per heavy atom. The molecule has 2 amide bonds. The third-order valence-electron chi connectivity index (χ3n) is 7.41. The number of hydrogen-bond donors (Lipinski definition) is 1. The third-order valence-corrected chi connectivity index (χ3v) is 9.03. The van der Waals surface area contributed by atoms with Gasteiger partial charge in [0.25, 0.3) is 0 Å². The molecule has 0 saturated carbocycles. The molecule has 0 aliphatic rings. The number of nitrogens with one attached hydrogen (secondary N) is 1. The molecule has 0 aliphatic heterocycles. The van der Waals surface area contributed by atoms with E-state index in [0.717, 1.165) is 20.9 Å². The lowest BCUT2D eigenvalue weighted by Crippen LogP contribution is -2.34. The first-order chi connectivity index (χ1) is 21.4. The van der Waals surface area contributed by atoms with Crippen molar-refractivity contribution in [3.63, 3.8) is 0 Å². The SMILES string of the molecule is CC(C)(C)c1ccc(CC(OC(=O)NCCCN(Cc2ccc(C(C)(C)C)cc2)C(=O)OCc2cncs2)c2cncs2)cc1. The van der Waals surface area contributed by atoms with Crippen LogP contribution in [-0.4, -0.2) is 40.1 Å². The average Bonchev–Trinajstić information content (AvgIpc) is 3.72. The number of ether oxygens (including phenoxy) is 2. The Morgan fingerprint density at radius 3 is 2.00 bits per heavy atom. The van der Waals surface area contributed by atoms with E-state index in [2.05, 4.69) is 105 Å². The Hall–Kier alpha value is -3.76. The van der Waals surface area contributed by atoms with E-state index >= 15 is 0 Å². The molecule has 1 N–H and O–H groups in total. The van der Waals surface area contributed by atoms with Crippen molar-refractivity contribution < 1.29 is 19.1 Å². The van der Waals surface area contributed by atoms with Crippen molar-refractivity contribution in [2.24, 2.45) is 0 Å². The van der Waals surface area contributed by atoms with Crippen molar-refractivity contribution >= 4 is 34.9 Å². The molecule has 0 bridgehead atoms. The van der Waals surface area contributed by atoms with Crippen molar-refractivity contribution in [3.8, 4) is 0 Å². The highest BCUT2D eigenvalue weighted by Crippen LogP contribution is 2.28. The van der Waals surface area contributed by atoms with Crippen molar-refractivity contribution in [2.75, 3.05) is 13.1 Å². The second kappa shape index (κ2) is 15.5. The maximum atomic E-state index is 13.1. The van der Waals surface area contributed by atoms with E-state index < -0.39 is 18.3 Å². The van der Waals surface area contributed by atoms with Crippen LogP contribution in [0.5, 0.6) is 0 Å². The van der Waals surface area contributed by atoms with Crippen LogP contribution in [-0.2, 0) is 39.9 Å². The van der Waals surface area contributed by atoms with E-state index in [1.165, 1.54) is 33.8 Å². The van der Waals surface area contributed by atoms with Gasteiger partial charge in [0, 0.05) is 38.4 Å². The molecule has 45 heavy (non-hydrogen) atoms. The number of carbonyl (C=O) groups excluding carboxylic acids is 2.